The molecule has 0 aromatic heterocycles. The van der Waals surface area contributed by atoms with E-state index in [2.05, 4.69) is 4.99 Å². The van der Waals surface area contributed by atoms with Gasteiger partial charge in [-0.1, -0.05) is 24.3 Å². The van der Waals surface area contributed by atoms with Crippen LogP contribution in [0.15, 0.2) is 65.7 Å². The Morgan fingerprint density at radius 3 is 1.86 bits per heavy atom. The van der Waals surface area contributed by atoms with Gasteiger partial charge in [0, 0.05) is 23.9 Å². The van der Waals surface area contributed by atoms with E-state index in [4.69, 9.17) is 0 Å². The number of non-ortho nitro benzene ring substituents is 1. The Kier molecular flexibility index (Phi) is 4.04. The van der Waals surface area contributed by atoms with Crippen molar-refractivity contribution in [3.63, 3.8) is 0 Å². The van der Waals surface area contributed by atoms with Crippen LogP contribution in [0.2, 0.25) is 0 Å². The summed E-state index contributed by atoms with van der Waals surface area (Å²) in [7, 11) is 0. The number of hydrogen-bond donors (Lipinski definition) is 3. The van der Waals surface area contributed by atoms with E-state index in [0.29, 0.717) is 22.0 Å². The lowest BCUT2D eigenvalue weighted by Gasteiger charge is -2.13. The SMILES string of the molecule is O=[N+]([O-])c1ccc(N=Cc2c3cccc(O)c3c(O)c3c(O)cccc23)cc1. The summed E-state index contributed by atoms with van der Waals surface area (Å²) >= 11 is 0. The Balaban J connectivity index is 1.97. The molecule has 7 heteroatoms. The first-order valence-electron chi connectivity index (χ1n) is 8.34. The first kappa shape index (κ1) is 17.3. The summed E-state index contributed by atoms with van der Waals surface area (Å²) in [5.74, 6) is -0.455. The summed E-state index contributed by atoms with van der Waals surface area (Å²) in [5, 5.41) is 43.4. The average Bonchev–Trinajstić information content (AvgIpc) is 2.68. The molecule has 0 unspecified atom stereocenters. The number of aliphatic imine (C=N–C) groups is 1. The summed E-state index contributed by atoms with van der Waals surface area (Å²) in [6, 6.07) is 15.4. The van der Waals surface area contributed by atoms with Crippen molar-refractivity contribution >= 4 is 39.1 Å². The number of nitro benzene ring substituents is 1. The van der Waals surface area contributed by atoms with Gasteiger partial charge < -0.3 is 15.3 Å². The quantitative estimate of drug-likeness (QED) is 0.207. The van der Waals surface area contributed by atoms with Crippen molar-refractivity contribution < 1.29 is 20.2 Å². The Hall–Kier alpha value is -4.13. The van der Waals surface area contributed by atoms with Gasteiger partial charge in [-0.25, -0.2) is 0 Å². The predicted molar refractivity (Wildman–Crippen MR) is 107 cm³/mol. The van der Waals surface area contributed by atoms with Crippen LogP contribution in [0.1, 0.15) is 5.56 Å². The zero-order valence-corrected chi connectivity index (χ0v) is 14.4. The topological polar surface area (TPSA) is 116 Å². The van der Waals surface area contributed by atoms with Gasteiger partial charge in [0.05, 0.1) is 21.4 Å². The van der Waals surface area contributed by atoms with Crippen LogP contribution in [0.25, 0.3) is 21.5 Å². The van der Waals surface area contributed by atoms with Crippen molar-refractivity contribution in [2.45, 2.75) is 0 Å². The first-order valence-corrected chi connectivity index (χ1v) is 8.34. The van der Waals surface area contributed by atoms with E-state index >= 15 is 0 Å². The minimum absolute atomic E-state index is 0.0330. The van der Waals surface area contributed by atoms with Crippen molar-refractivity contribution in [2.24, 2.45) is 4.99 Å². The molecule has 0 bridgehead atoms. The first-order chi connectivity index (χ1) is 13.5. The number of phenolic OH excluding ortho intramolecular Hbond substituents is 3. The second kappa shape index (κ2) is 6.55. The van der Waals surface area contributed by atoms with E-state index in [1.165, 1.54) is 36.4 Å². The molecule has 0 aliphatic rings. The predicted octanol–water partition coefficient (Wildman–Crippen LogP) is 4.77. The van der Waals surface area contributed by atoms with Crippen LogP contribution < -0.4 is 0 Å². The summed E-state index contributed by atoms with van der Waals surface area (Å²) in [6.07, 6.45) is 1.55. The zero-order chi connectivity index (χ0) is 19.8. The minimum atomic E-state index is -0.486. The monoisotopic (exact) mass is 374 g/mol. The fourth-order valence-corrected chi connectivity index (χ4v) is 3.24. The van der Waals surface area contributed by atoms with Crippen LogP contribution in [-0.2, 0) is 0 Å². The van der Waals surface area contributed by atoms with E-state index in [-0.39, 0.29) is 33.7 Å². The highest BCUT2D eigenvalue weighted by molar-refractivity contribution is 6.19. The Morgan fingerprint density at radius 1 is 0.821 bits per heavy atom. The molecular weight excluding hydrogens is 360 g/mol. The number of nitrogens with zero attached hydrogens (tertiary/aromatic N) is 2. The third-order valence-electron chi connectivity index (χ3n) is 4.54. The molecule has 0 radical (unpaired) electrons. The standard InChI is InChI=1S/C21H14N2O5/c24-17-5-1-3-14-16(11-22-12-7-9-13(10-8-12)23(27)28)15-4-2-6-18(25)20(15)21(26)19(14)17/h1-11,24-26H. The Morgan fingerprint density at radius 2 is 1.36 bits per heavy atom. The second-order valence-corrected chi connectivity index (χ2v) is 6.19. The number of phenols is 3. The highest BCUT2D eigenvalue weighted by atomic mass is 16.6. The minimum Gasteiger partial charge on any atom is -0.507 e. The third-order valence-corrected chi connectivity index (χ3v) is 4.54. The molecule has 3 N–H and O–H groups in total. The molecule has 4 aromatic carbocycles. The van der Waals surface area contributed by atoms with Crippen LogP contribution in [-0.4, -0.2) is 26.5 Å². The van der Waals surface area contributed by atoms with E-state index in [0.717, 1.165) is 0 Å². The molecule has 0 fully saturated rings. The fourth-order valence-electron chi connectivity index (χ4n) is 3.24. The maximum Gasteiger partial charge on any atom is 0.269 e. The molecule has 0 saturated heterocycles. The molecule has 0 aliphatic heterocycles. The van der Waals surface area contributed by atoms with Gasteiger partial charge in [-0.3, -0.25) is 15.1 Å². The van der Waals surface area contributed by atoms with Gasteiger partial charge in [-0.2, -0.15) is 0 Å². The van der Waals surface area contributed by atoms with Gasteiger partial charge in [-0.05, 0) is 35.0 Å². The molecule has 0 saturated carbocycles. The summed E-state index contributed by atoms with van der Waals surface area (Å²) < 4.78 is 0. The van der Waals surface area contributed by atoms with Gasteiger partial charge in [0.25, 0.3) is 5.69 Å². The normalized spacial score (nSPS) is 11.4. The second-order valence-electron chi connectivity index (χ2n) is 6.19. The lowest BCUT2D eigenvalue weighted by molar-refractivity contribution is -0.384. The summed E-state index contributed by atoms with van der Waals surface area (Å²) in [6.45, 7) is 0. The smallest absolute Gasteiger partial charge is 0.269 e. The van der Waals surface area contributed by atoms with Gasteiger partial charge >= 0.3 is 0 Å². The number of fused-ring (bicyclic) bond motifs is 2. The number of rotatable bonds is 3. The average molecular weight is 374 g/mol. The maximum atomic E-state index is 10.8. The van der Waals surface area contributed by atoms with Crippen molar-refractivity contribution in [3.05, 3.63) is 76.3 Å². The number of nitro groups is 1. The summed E-state index contributed by atoms with van der Waals surface area (Å²) in [5.41, 5.74) is 1.06. The van der Waals surface area contributed by atoms with E-state index in [9.17, 15) is 25.4 Å². The maximum absolute atomic E-state index is 10.8. The highest BCUT2D eigenvalue weighted by Crippen LogP contribution is 2.44. The van der Waals surface area contributed by atoms with E-state index in [1.54, 1.807) is 30.5 Å². The van der Waals surface area contributed by atoms with Crippen molar-refractivity contribution in [3.8, 4) is 17.2 Å². The van der Waals surface area contributed by atoms with Crippen LogP contribution in [0.5, 0.6) is 17.2 Å². The third kappa shape index (κ3) is 2.75. The van der Waals surface area contributed by atoms with E-state index in [1.807, 2.05) is 0 Å². The molecule has 0 heterocycles. The lowest BCUT2D eigenvalue weighted by atomic mass is 9.95. The van der Waals surface area contributed by atoms with Gasteiger partial charge in [-0.15, -0.1) is 0 Å². The van der Waals surface area contributed by atoms with Crippen LogP contribution in [0.4, 0.5) is 11.4 Å². The Labute approximate surface area is 158 Å². The van der Waals surface area contributed by atoms with Gasteiger partial charge in [0.15, 0.2) is 0 Å². The highest BCUT2D eigenvalue weighted by Gasteiger charge is 2.17. The molecular formula is C21H14N2O5. The van der Waals surface area contributed by atoms with Crippen LogP contribution >= 0.6 is 0 Å². The van der Waals surface area contributed by atoms with Gasteiger partial charge in [0.2, 0.25) is 0 Å². The van der Waals surface area contributed by atoms with Crippen molar-refractivity contribution in [1.29, 1.82) is 0 Å². The molecule has 0 amide bonds. The molecule has 4 rings (SSSR count). The van der Waals surface area contributed by atoms with E-state index < -0.39 is 4.92 Å². The number of hydrogen-bond acceptors (Lipinski definition) is 6. The molecule has 0 atom stereocenters. The lowest BCUT2D eigenvalue weighted by Crippen LogP contribution is -1.90. The van der Waals surface area contributed by atoms with Crippen LogP contribution in [0, 0.1) is 10.1 Å². The molecule has 0 spiro atoms. The largest absolute Gasteiger partial charge is 0.507 e. The molecule has 7 nitrogen and oxygen atoms in total. The number of benzene rings is 4. The molecule has 138 valence electrons. The summed E-state index contributed by atoms with van der Waals surface area (Å²) in [4.78, 5) is 14.7. The molecule has 0 aliphatic carbocycles. The molecule has 28 heavy (non-hydrogen) atoms. The molecule has 4 aromatic rings. The van der Waals surface area contributed by atoms with Crippen LogP contribution in [0.3, 0.4) is 0 Å². The zero-order valence-electron chi connectivity index (χ0n) is 14.4. The van der Waals surface area contributed by atoms with Crippen molar-refractivity contribution in [1.82, 2.24) is 0 Å². The number of aromatic hydroxyl groups is 3. The van der Waals surface area contributed by atoms with Gasteiger partial charge in [0.1, 0.15) is 17.2 Å². The Bertz CT molecular complexity index is 1200. The van der Waals surface area contributed by atoms with Crippen molar-refractivity contribution in [2.75, 3.05) is 0 Å². The fraction of sp³-hybridized carbons (Fsp3) is 0.